The summed E-state index contributed by atoms with van der Waals surface area (Å²) in [7, 11) is 0. The number of nitrogen functional groups attached to an aromatic ring is 1. The predicted octanol–water partition coefficient (Wildman–Crippen LogP) is 4.44. The van der Waals surface area contributed by atoms with Gasteiger partial charge in [0.05, 0.1) is 4.90 Å². The van der Waals surface area contributed by atoms with E-state index in [4.69, 9.17) is 5.73 Å². The number of rotatable bonds is 3. The molecule has 0 atom stereocenters. The molecule has 0 saturated heterocycles. The van der Waals surface area contributed by atoms with E-state index in [2.05, 4.69) is 22.6 Å². The van der Waals surface area contributed by atoms with E-state index in [-0.39, 0.29) is 10.6 Å². The number of halogens is 3. The third-order valence-electron chi connectivity index (χ3n) is 2.32. The fourth-order valence-corrected chi connectivity index (χ4v) is 2.71. The predicted molar refractivity (Wildman–Crippen MR) is 79.5 cm³/mol. The van der Waals surface area contributed by atoms with E-state index in [1.807, 2.05) is 24.3 Å². The molecule has 0 aliphatic carbocycles. The molecule has 0 saturated carbocycles. The highest BCUT2D eigenvalue weighted by Crippen LogP contribution is 2.29. The second-order valence-electron chi connectivity index (χ2n) is 3.73. The summed E-state index contributed by atoms with van der Waals surface area (Å²) in [6.45, 7) is 0. The highest BCUT2D eigenvalue weighted by Gasteiger charge is 2.11. The maximum absolute atomic E-state index is 13.5. The Morgan fingerprint density at radius 2 is 1.61 bits per heavy atom. The molecule has 2 aromatic carbocycles. The quantitative estimate of drug-likeness (QED) is 0.486. The van der Waals surface area contributed by atoms with Gasteiger partial charge in [-0.15, -0.1) is 11.8 Å². The van der Waals surface area contributed by atoms with Gasteiger partial charge in [0.1, 0.15) is 11.6 Å². The molecule has 0 amide bonds. The molecular formula is C13H10F2INS. The van der Waals surface area contributed by atoms with Crippen molar-refractivity contribution in [2.24, 2.45) is 0 Å². The van der Waals surface area contributed by atoms with Gasteiger partial charge in [0, 0.05) is 15.0 Å². The lowest BCUT2D eigenvalue weighted by atomic mass is 10.2. The van der Waals surface area contributed by atoms with E-state index in [0.29, 0.717) is 5.75 Å². The summed E-state index contributed by atoms with van der Waals surface area (Å²) in [5.41, 5.74) is 6.49. The van der Waals surface area contributed by atoms with Gasteiger partial charge in [-0.05, 0) is 52.4 Å². The Balaban J connectivity index is 2.13. The van der Waals surface area contributed by atoms with Crippen LogP contribution < -0.4 is 5.73 Å². The number of nitrogens with two attached hydrogens (primary N) is 1. The lowest BCUT2D eigenvalue weighted by Crippen LogP contribution is -1.93. The molecule has 5 heteroatoms. The summed E-state index contributed by atoms with van der Waals surface area (Å²) >= 11 is 3.34. The van der Waals surface area contributed by atoms with Gasteiger partial charge in [0.2, 0.25) is 0 Å². The van der Waals surface area contributed by atoms with Gasteiger partial charge in [-0.25, -0.2) is 8.78 Å². The van der Waals surface area contributed by atoms with Crippen molar-refractivity contribution < 1.29 is 8.78 Å². The van der Waals surface area contributed by atoms with Crippen LogP contribution in [0, 0.1) is 15.2 Å². The first-order valence-electron chi connectivity index (χ1n) is 5.18. The van der Waals surface area contributed by atoms with Crippen molar-refractivity contribution in [2.75, 3.05) is 5.73 Å². The van der Waals surface area contributed by atoms with Crippen LogP contribution in [0.3, 0.4) is 0 Å². The van der Waals surface area contributed by atoms with Crippen LogP contribution in [-0.2, 0) is 5.75 Å². The largest absolute Gasteiger partial charge is 0.399 e. The van der Waals surface area contributed by atoms with Gasteiger partial charge < -0.3 is 5.73 Å². The number of thioether (sulfide) groups is 1. The van der Waals surface area contributed by atoms with Gasteiger partial charge >= 0.3 is 0 Å². The van der Waals surface area contributed by atoms with Crippen LogP contribution in [0.2, 0.25) is 0 Å². The smallest absolute Gasteiger partial charge is 0.141 e. The monoisotopic (exact) mass is 377 g/mol. The summed E-state index contributed by atoms with van der Waals surface area (Å²) in [5, 5.41) is 0. The maximum Gasteiger partial charge on any atom is 0.141 e. The van der Waals surface area contributed by atoms with Crippen molar-refractivity contribution >= 4 is 40.0 Å². The van der Waals surface area contributed by atoms with E-state index in [1.54, 1.807) is 0 Å². The number of hydrogen-bond donors (Lipinski definition) is 1. The zero-order chi connectivity index (χ0) is 13.1. The summed E-state index contributed by atoms with van der Waals surface area (Å²) in [6.07, 6.45) is 0. The molecule has 0 radical (unpaired) electrons. The Morgan fingerprint density at radius 1 is 1.06 bits per heavy atom. The number of anilines is 1. The van der Waals surface area contributed by atoms with Crippen molar-refractivity contribution in [1.29, 1.82) is 0 Å². The summed E-state index contributed by atoms with van der Waals surface area (Å²) < 4.78 is 28.2. The van der Waals surface area contributed by atoms with Gasteiger partial charge in [-0.3, -0.25) is 0 Å². The Kier molecular flexibility index (Phi) is 4.45. The average molecular weight is 377 g/mol. The Morgan fingerprint density at radius 3 is 2.17 bits per heavy atom. The first-order valence-corrected chi connectivity index (χ1v) is 7.24. The SMILES string of the molecule is Nc1cc(F)c(SCc2ccc(I)cc2)c(F)c1. The van der Waals surface area contributed by atoms with Gasteiger partial charge in [0.25, 0.3) is 0 Å². The Hall–Kier alpha value is -0.820. The summed E-state index contributed by atoms with van der Waals surface area (Å²) in [4.78, 5) is 0.0164. The zero-order valence-corrected chi connectivity index (χ0v) is 12.3. The molecule has 2 N–H and O–H groups in total. The van der Waals surface area contributed by atoms with E-state index < -0.39 is 11.6 Å². The van der Waals surface area contributed by atoms with E-state index in [0.717, 1.165) is 33.0 Å². The summed E-state index contributed by atoms with van der Waals surface area (Å²) in [6, 6.07) is 10.1. The molecule has 0 spiro atoms. The highest BCUT2D eigenvalue weighted by atomic mass is 127. The van der Waals surface area contributed by atoms with E-state index in [1.165, 1.54) is 0 Å². The zero-order valence-electron chi connectivity index (χ0n) is 9.29. The van der Waals surface area contributed by atoms with Crippen LogP contribution in [0.15, 0.2) is 41.3 Å². The van der Waals surface area contributed by atoms with Gasteiger partial charge in [0.15, 0.2) is 0 Å². The lowest BCUT2D eigenvalue weighted by Gasteiger charge is -2.06. The van der Waals surface area contributed by atoms with Crippen LogP contribution in [0.25, 0.3) is 0 Å². The molecule has 0 bridgehead atoms. The standard InChI is InChI=1S/C13H10F2INS/c14-11-5-10(17)6-12(15)13(11)18-7-8-1-3-9(16)4-2-8/h1-6H,7,17H2. The van der Waals surface area contributed by atoms with Crippen molar-refractivity contribution in [3.05, 3.63) is 57.2 Å². The van der Waals surface area contributed by atoms with Crippen LogP contribution >= 0.6 is 34.4 Å². The second kappa shape index (κ2) is 5.88. The fraction of sp³-hybridized carbons (Fsp3) is 0.0769. The fourth-order valence-electron chi connectivity index (χ4n) is 1.45. The Bertz CT molecular complexity index is 534. The van der Waals surface area contributed by atoms with Crippen molar-refractivity contribution in [3.63, 3.8) is 0 Å². The molecule has 0 aromatic heterocycles. The van der Waals surface area contributed by atoms with E-state index in [9.17, 15) is 8.78 Å². The minimum Gasteiger partial charge on any atom is -0.399 e. The first-order chi connectivity index (χ1) is 8.56. The molecule has 2 rings (SSSR count). The molecule has 94 valence electrons. The molecule has 18 heavy (non-hydrogen) atoms. The molecule has 1 nitrogen and oxygen atoms in total. The van der Waals surface area contributed by atoms with Crippen LogP contribution in [0.5, 0.6) is 0 Å². The van der Waals surface area contributed by atoms with Crippen molar-refractivity contribution in [2.45, 2.75) is 10.6 Å². The van der Waals surface area contributed by atoms with E-state index >= 15 is 0 Å². The molecule has 2 aromatic rings. The normalized spacial score (nSPS) is 10.6. The third-order valence-corrected chi connectivity index (χ3v) is 4.19. The minimum absolute atomic E-state index is 0.0164. The lowest BCUT2D eigenvalue weighted by molar-refractivity contribution is 0.542. The molecule has 0 unspecified atom stereocenters. The average Bonchev–Trinajstić information content (AvgIpc) is 2.30. The Labute approximate surface area is 122 Å². The van der Waals surface area contributed by atoms with Crippen LogP contribution in [-0.4, -0.2) is 0 Å². The third kappa shape index (κ3) is 3.35. The maximum atomic E-state index is 13.5. The van der Waals surface area contributed by atoms with Crippen LogP contribution in [0.1, 0.15) is 5.56 Å². The van der Waals surface area contributed by atoms with Crippen molar-refractivity contribution in [3.8, 4) is 0 Å². The topological polar surface area (TPSA) is 26.0 Å². The molecular weight excluding hydrogens is 367 g/mol. The van der Waals surface area contributed by atoms with Gasteiger partial charge in [-0.1, -0.05) is 12.1 Å². The second-order valence-corrected chi connectivity index (χ2v) is 5.96. The highest BCUT2D eigenvalue weighted by molar-refractivity contribution is 14.1. The van der Waals surface area contributed by atoms with Crippen LogP contribution in [0.4, 0.5) is 14.5 Å². The molecule has 0 aliphatic heterocycles. The molecule has 0 aliphatic rings. The molecule has 0 fully saturated rings. The van der Waals surface area contributed by atoms with Crippen molar-refractivity contribution in [1.82, 2.24) is 0 Å². The first kappa shape index (κ1) is 13.6. The molecule has 0 heterocycles. The summed E-state index contributed by atoms with van der Waals surface area (Å²) in [5.74, 6) is -0.694. The van der Waals surface area contributed by atoms with Gasteiger partial charge in [-0.2, -0.15) is 0 Å². The minimum atomic E-state index is -0.608. The number of hydrogen-bond acceptors (Lipinski definition) is 2. The number of benzene rings is 2.